The van der Waals surface area contributed by atoms with E-state index >= 15 is 0 Å². The molecule has 82 valence electrons. The summed E-state index contributed by atoms with van der Waals surface area (Å²) in [6.07, 6.45) is -4.79. The fourth-order valence-electron chi connectivity index (χ4n) is 0.977. The number of nitrogens with two attached hydrogens (primary N) is 1. The quantitative estimate of drug-likeness (QED) is 0.344. The van der Waals surface area contributed by atoms with Gasteiger partial charge >= 0.3 is 11.9 Å². The Morgan fingerprint density at radius 1 is 1.33 bits per heavy atom. The highest BCUT2D eigenvalue weighted by Crippen LogP contribution is 2.35. The molecule has 0 aromatic heterocycles. The molecule has 0 amide bonds. The predicted octanol–water partition coefficient (Wildman–Crippen LogP) is 2.33. The molecule has 1 rings (SSSR count). The van der Waals surface area contributed by atoms with Crippen LogP contribution in [0.25, 0.3) is 0 Å². The maximum Gasteiger partial charge on any atom is 0.416 e. The van der Waals surface area contributed by atoms with Crippen molar-refractivity contribution in [3.05, 3.63) is 33.6 Å². The van der Waals surface area contributed by atoms with Gasteiger partial charge in [-0.25, -0.2) is 0 Å². The molecule has 0 atom stereocenters. The molecule has 0 unspecified atom stereocenters. The lowest BCUT2D eigenvalue weighted by atomic mass is 10.1. The van der Waals surface area contributed by atoms with Gasteiger partial charge in [0.1, 0.15) is 5.69 Å². The third-order valence-corrected chi connectivity index (χ3v) is 1.60. The molecular formula is C7H4F4N2O2. The van der Waals surface area contributed by atoms with Crippen LogP contribution >= 0.6 is 0 Å². The summed E-state index contributed by atoms with van der Waals surface area (Å²) in [5.74, 6) is -1.60. The number of nitrogens with zero attached hydrogens (tertiary/aromatic N) is 1. The van der Waals surface area contributed by atoms with Gasteiger partial charge in [0, 0.05) is 0 Å². The van der Waals surface area contributed by atoms with Crippen LogP contribution in [0.3, 0.4) is 0 Å². The number of alkyl halides is 3. The maximum absolute atomic E-state index is 12.9. The van der Waals surface area contributed by atoms with Crippen LogP contribution in [-0.4, -0.2) is 4.92 Å². The summed E-state index contributed by atoms with van der Waals surface area (Å²) in [7, 11) is 0. The number of rotatable bonds is 1. The third kappa shape index (κ3) is 2.14. The summed E-state index contributed by atoms with van der Waals surface area (Å²) < 4.78 is 49.1. The highest BCUT2D eigenvalue weighted by molar-refractivity contribution is 5.60. The van der Waals surface area contributed by atoms with Gasteiger partial charge in [0.15, 0.2) is 0 Å². The van der Waals surface area contributed by atoms with Gasteiger partial charge in [-0.2, -0.15) is 17.6 Å². The van der Waals surface area contributed by atoms with Crippen LogP contribution in [0.15, 0.2) is 12.1 Å². The van der Waals surface area contributed by atoms with E-state index in [4.69, 9.17) is 5.73 Å². The van der Waals surface area contributed by atoms with E-state index in [1.54, 1.807) is 0 Å². The van der Waals surface area contributed by atoms with Gasteiger partial charge in [0.25, 0.3) is 0 Å². The van der Waals surface area contributed by atoms with Crippen LogP contribution < -0.4 is 5.73 Å². The molecule has 0 spiro atoms. The molecule has 0 aliphatic rings. The SMILES string of the molecule is Nc1cc(C(F)(F)F)cc(F)c1[N+](=O)[O-]. The van der Waals surface area contributed by atoms with Crippen molar-refractivity contribution in [1.82, 2.24) is 0 Å². The van der Waals surface area contributed by atoms with E-state index in [-0.39, 0.29) is 6.07 Å². The molecule has 0 aliphatic heterocycles. The second kappa shape index (κ2) is 3.37. The van der Waals surface area contributed by atoms with E-state index in [1.807, 2.05) is 0 Å². The average molecular weight is 224 g/mol. The van der Waals surface area contributed by atoms with Gasteiger partial charge in [0.05, 0.1) is 10.5 Å². The summed E-state index contributed by atoms with van der Waals surface area (Å²) in [4.78, 5) is 9.03. The lowest BCUT2D eigenvalue weighted by Crippen LogP contribution is -2.08. The van der Waals surface area contributed by atoms with Crippen LogP contribution in [0.4, 0.5) is 28.9 Å². The monoisotopic (exact) mass is 224 g/mol. The van der Waals surface area contributed by atoms with Gasteiger partial charge in [-0.1, -0.05) is 0 Å². The highest BCUT2D eigenvalue weighted by atomic mass is 19.4. The molecule has 4 nitrogen and oxygen atoms in total. The minimum atomic E-state index is -4.79. The Hall–Kier alpha value is -1.86. The van der Waals surface area contributed by atoms with E-state index in [1.165, 1.54) is 0 Å². The van der Waals surface area contributed by atoms with Crippen molar-refractivity contribution in [2.24, 2.45) is 0 Å². The highest BCUT2D eigenvalue weighted by Gasteiger charge is 2.34. The second-order valence-electron chi connectivity index (χ2n) is 2.65. The number of nitro benzene ring substituents is 1. The van der Waals surface area contributed by atoms with Crippen LogP contribution in [0, 0.1) is 15.9 Å². The smallest absolute Gasteiger partial charge is 0.393 e. The van der Waals surface area contributed by atoms with Crippen molar-refractivity contribution in [2.75, 3.05) is 5.73 Å². The number of hydrogen-bond donors (Lipinski definition) is 1. The van der Waals surface area contributed by atoms with Crippen LogP contribution in [0.5, 0.6) is 0 Å². The number of benzene rings is 1. The molecular weight excluding hydrogens is 220 g/mol. The first-order chi connectivity index (χ1) is 6.73. The fourth-order valence-corrected chi connectivity index (χ4v) is 0.977. The van der Waals surface area contributed by atoms with E-state index in [2.05, 4.69) is 0 Å². The fraction of sp³-hybridized carbons (Fsp3) is 0.143. The number of nitro groups is 1. The Labute approximate surface area is 80.5 Å². The number of hydrogen-bond acceptors (Lipinski definition) is 3. The molecule has 0 aliphatic carbocycles. The minimum absolute atomic E-state index is 0.0362. The van der Waals surface area contributed by atoms with Gasteiger partial charge in [-0.3, -0.25) is 10.1 Å². The summed E-state index contributed by atoms with van der Waals surface area (Å²) in [6.45, 7) is 0. The van der Waals surface area contributed by atoms with Crippen molar-refractivity contribution in [3.8, 4) is 0 Å². The number of anilines is 1. The molecule has 0 fully saturated rings. The van der Waals surface area contributed by atoms with Crippen molar-refractivity contribution < 1.29 is 22.5 Å². The average Bonchev–Trinajstić information content (AvgIpc) is 1.99. The van der Waals surface area contributed by atoms with E-state index in [9.17, 15) is 27.7 Å². The normalized spacial score (nSPS) is 11.5. The third-order valence-electron chi connectivity index (χ3n) is 1.60. The Kier molecular flexibility index (Phi) is 2.52. The Balaban J connectivity index is 3.39. The zero-order chi connectivity index (χ0) is 11.8. The van der Waals surface area contributed by atoms with Crippen LogP contribution in [0.2, 0.25) is 0 Å². The van der Waals surface area contributed by atoms with Gasteiger partial charge in [-0.15, -0.1) is 0 Å². The maximum atomic E-state index is 12.9. The molecule has 0 bridgehead atoms. The second-order valence-corrected chi connectivity index (χ2v) is 2.65. The predicted molar refractivity (Wildman–Crippen MR) is 42.5 cm³/mol. The Bertz CT molecular complexity index is 393. The van der Waals surface area contributed by atoms with Gasteiger partial charge in [0.2, 0.25) is 5.82 Å². The van der Waals surface area contributed by atoms with Gasteiger partial charge in [-0.05, 0) is 12.1 Å². The lowest BCUT2D eigenvalue weighted by molar-refractivity contribution is -0.386. The molecule has 1 aromatic rings. The Morgan fingerprint density at radius 2 is 1.87 bits per heavy atom. The first-order valence-electron chi connectivity index (χ1n) is 3.54. The Morgan fingerprint density at radius 3 is 2.20 bits per heavy atom. The number of nitrogen functional groups attached to an aromatic ring is 1. The topological polar surface area (TPSA) is 69.2 Å². The summed E-state index contributed by atoms with van der Waals surface area (Å²) in [5, 5.41) is 10.2. The standard InChI is InChI=1S/C7H4F4N2O2/c8-4-1-3(7(9,10)11)2-5(12)6(4)13(14)15/h1-2H,12H2. The molecule has 1 aromatic carbocycles. The van der Waals surface area contributed by atoms with Crippen LogP contribution in [-0.2, 0) is 6.18 Å². The van der Waals surface area contributed by atoms with E-state index in [0.29, 0.717) is 6.07 Å². The largest absolute Gasteiger partial charge is 0.416 e. The van der Waals surface area contributed by atoms with Crippen molar-refractivity contribution >= 4 is 11.4 Å². The zero-order valence-corrected chi connectivity index (χ0v) is 7.01. The summed E-state index contributed by atoms with van der Waals surface area (Å²) in [5.41, 5.74) is 1.58. The molecule has 2 N–H and O–H groups in total. The van der Waals surface area contributed by atoms with E-state index in [0.717, 1.165) is 0 Å². The molecule has 15 heavy (non-hydrogen) atoms. The molecule has 0 radical (unpaired) electrons. The molecule has 0 saturated carbocycles. The molecule has 0 heterocycles. The first kappa shape index (κ1) is 11.2. The summed E-state index contributed by atoms with van der Waals surface area (Å²) >= 11 is 0. The molecule has 8 heteroatoms. The minimum Gasteiger partial charge on any atom is -0.393 e. The number of halogens is 4. The molecule has 0 saturated heterocycles. The van der Waals surface area contributed by atoms with Crippen LogP contribution in [0.1, 0.15) is 5.56 Å². The first-order valence-corrected chi connectivity index (χ1v) is 3.54. The van der Waals surface area contributed by atoms with Gasteiger partial charge < -0.3 is 5.73 Å². The van der Waals surface area contributed by atoms with Crippen molar-refractivity contribution in [3.63, 3.8) is 0 Å². The summed E-state index contributed by atoms with van der Waals surface area (Å²) in [6, 6.07) is 0.357. The van der Waals surface area contributed by atoms with Crippen molar-refractivity contribution in [2.45, 2.75) is 6.18 Å². The lowest BCUT2D eigenvalue weighted by Gasteiger charge is -2.07. The van der Waals surface area contributed by atoms with E-state index < -0.39 is 33.9 Å². The zero-order valence-electron chi connectivity index (χ0n) is 7.01. The van der Waals surface area contributed by atoms with Crippen molar-refractivity contribution in [1.29, 1.82) is 0 Å².